The van der Waals surface area contributed by atoms with Gasteiger partial charge in [0.25, 0.3) is 0 Å². The maximum atomic E-state index is 13.3. The molecule has 124 valence electrons. The molecule has 0 radical (unpaired) electrons. The van der Waals surface area contributed by atoms with E-state index >= 15 is 0 Å². The minimum atomic E-state index is -0.155. The van der Waals surface area contributed by atoms with E-state index in [1.54, 1.807) is 12.1 Å². The number of anilines is 1. The fraction of sp³-hybridized carbons (Fsp3) is 0.500. The van der Waals surface area contributed by atoms with Crippen LogP contribution in [0.5, 0.6) is 0 Å². The average Bonchev–Trinajstić information content (AvgIpc) is 3.26. The predicted molar refractivity (Wildman–Crippen MR) is 92.6 cm³/mol. The second-order valence-corrected chi connectivity index (χ2v) is 7.97. The molecule has 1 aromatic rings. The Labute approximate surface area is 146 Å². The number of rotatable bonds is 1. The van der Waals surface area contributed by atoms with Gasteiger partial charge in [0.1, 0.15) is 0 Å². The fourth-order valence-corrected chi connectivity index (χ4v) is 5.98. The SMILES string of the molecule is O=C1[C@@H]2[C@@H](C(=O)N1c1ccccc1Cl)[C@H]1CCCC1=C1CCC[C@H]12. The molecule has 0 unspecified atom stereocenters. The molecule has 1 heterocycles. The Morgan fingerprint density at radius 1 is 0.875 bits per heavy atom. The van der Waals surface area contributed by atoms with Crippen LogP contribution in [0.4, 0.5) is 5.69 Å². The van der Waals surface area contributed by atoms with Crippen molar-refractivity contribution >= 4 is 29.1 Å². The predicted octanol–water partition coefficient (Wildman–Crippen LogP) is 4.36. The van der Waals surface area contributed by atoms with E-state index in [2.05, 4.69) is 0 Å². The van der Waals surface area contributed by atoms with Gasteiger partial charge in [-0.05, 0) is 62.5 Å². The highest BCUT2D eigenvalue weighted by molar-refractivity contribution is 6.36. The van der Waals surface area contributed by atoms with E-state index in [-0.39, 0.29) is 23.7 Å². The molecule has 0 spiro atoms. The first-order chi connectivity index (χ1) is 11.7. The number of imide groups is 1. The fourth-order valence-electron chi connectivity index (χ4n) is 5.76. The quantitative estimate of drug-likeness (QED) is 0.562. The van der Waals surface area contributed by atoms with Crippen molar-refractivity contribution in [3.8, 4) is 0 Å². The number of amides is 2. The molecule has 2 saturated carbocycles. The van der Waals surface area contributed by atoms with E-state index in [1.165, 1.54) is 16.0 Å². The molecule has 2 amide bonds. The molecule has 3 fully saturated rings. The smallest absolute Gasteiger partial charge is 0.238 e. The molecular weight excluding hydrogens is 322 g/mol. The van der Waals surface area contributed by atoms with E-state index in [4.69, 9.17) is 11.6 Å². The van der Waals surface area contributed by atoms with Crippen LogP contribution in [-0.2, 0) is 9.59 Å². The third-order valence-corrected chi connectivity index (χ3v) is 6.91. The lowest BCUT2D eigenvalue weighted by Crippen LogP contribution is -2.35. The van der Waals surface area contributed by atoms with Crippen molar-refractivity contribution in [1.29, 1.82) is 0 Å². The largest absolute Gasteiger partial charge is 0.274 e. The molecule has 24 heavy (non-hydrogen) atoms. The zero-order valence-corrected chi connectivity index (χ0v) is 14.3. The van der Waals surface area contributed by atoms with Crippen molar-refractivity contribution in [2.45, 2.75) is 38.5 Å². The Bertz CT molecular complexity index is 742. The number of para-hydroxylation sites is 1. The van der Waals surface area contributed by atoms with Crippen molar-refractivity contribution in [2.24, 2.45) is 23.7 Å². The summed E-state index contributed by atoms with van der Waals surface area (Å²) in [5.74, 6) is 0.240. The Kier molecular flexibility index (Phi) is 3.18. The molecule has 3 aliphatic carbocycles. The van der Waals surface area contributed by atoms with Crippen LogP contribution in [0.2, 0.25) is 5.02 Å². The van der Waals surface area contributed by atoms with Gasteiger partial charge in [-0.1, -0.05) is 34.9 Å². The monoisotopic (exact) mass is 341 g/mol. The zero-order valence-electron chi connectivity index (χ0n) is 13.5. The highest BCUT2D eigenvalue weighted by atomic mass is 35.5. The second kappa shape index (κ2) is 5.19. The number of halogens is 1. The van der Waals surface area contributed by atoms with Gasteiger partial charge in [0.2, 0.25) is 11.8 Å². The molecule has 0 aromatic heterocycles. The summed E-state index contributed by atoms with van der Waals surface area (Å²) >= 11 is 6.30. The van der Waals surface area contributed by atoms with E-state index in [1.807, 2.05) is 12.1 Å². The molecule has 1 aromatic carbocycles. The van der Waals surface area contributed by atoms with Gasteiger partial charge in [0.05, 0.1) is 22.5 Å². The number of nitrogens with zero attached hydrogens (tertiary/aromatic N) is 1. The lowest BCUT2D eigenvalue weighted by molar-refractivity contribution is -0.122. The summed E-state index contributed by atoms with van der Waals surface area (Å²) in [6, 6.07) is 7.20. The van der Waals surface area contributed by atoms with E-state index < -0.39 is 0 Å². The zero-order chi connectivity index (χ0) is 16.4. The van der Waals surface area contributed by atoms with Crippen LogP contribution in [0.25, 0.3) is 0 Å². The second-order valence-electron chi connectivity index (χ2n) is 7.56. The molecule has 3 nitrogen and oxygen atoms in total. The van der Waals surface area contributed by atoms with Crippen LogP contribution in [-0.4, -0.2) is 11.8 Å². The van der Waals surface area contributed by atoms with Crippen LogP contribution < -0.4 is 4.90 Å². The number of benzene rings is 1. The third kappa shape index (κ3) is 1.79. The molecule has 0 N–H and O–H groups in total. The van der Waals surface area contributed by atoms with Crippen LogP contribution in [0.15, 0.2) is 35.4 Å². The number of fused-ring (bicyclic) bond motifs is 5. The van der Waals surface area contributed by atoms with Crippen molar-refractivity contribution in [2.75, 3.05) is 4.90 Å². The number of hydrogen-bond donors (Lipinski definition) is 0. The normalized spacial score (nSPS) is 34.6. The van der Waals surface area contributed by atoms with Crippen molar-refractivity contribution in [3.63, 3.8) is 0 Å². The molecule has 4 heteroatoms. The van der Waals surface area contributed by atoms with E-state index in [0.717, 1.165) is 38.5 Å². The molecule has 5 rings (SSSR count). The van der Waals surface area contributed by atoms with Gasteiger partial charge in [-0.2, -0.15) is 0 Å². The summed E-state index contributed by atoms with van der Waals surface area (Å²) in [4.78, 5) is 27.9. The molecule has 4 atom stereocenters. The summed E-state index contributed by atoms with van der Waals surface area (Å²) in [5, 5.41) is 0.476. The minimum absolute atomic E-state index is 0.0200. The van der Waals surface area contributed by atoms with Crippen LogP contribution in [0.1, 0.15) is 38.5 Å². The van der Waals surface area contributed by atoms with Gasteiger partial charge in [0.15, 0.2) is 0 Å². The Hall–Kier alpha value is -1.61. The summed E-state index contributed by atoms with van der Waals surface area (Å²) in [7, 11) is 0. The number of carbonyl (C=O) groups is 2. The lowest BCUT2D eigenvalue weighted by atomic mass is 9.66. The Morgan fingerprint density at radius 3 is 1.96 bits per heavy atom. The summed E-state index contributed by atoms with van der Waals surface area (Å²) < 4.78 is 0. The molecule has 4 aliphatic rings. The molecule has 1 aliphatic heterocycles. The molecule has 1 saturated heterocycles. The third-order valence-electron chi connectivity index (χ3n) is 6.59. The van der Waals surface area contributed by atoms with Gasteiger partial charge in [-0.3, -0.25) is 9.59 Å². The first-order valence-corrected chi connectivity index (χ1v) is 9.40. The summed E-state index contributed by atoms with van der Waals surface area (Å²) in [6.45, 7) is 0. The lowest BCUT2D eigenvalue weighted by Gasteiger charge is -2.34. The average molecular weight is 342 g/mol. The van der Waals surface area contributed by atoms with Crippen LogP contribution in [0.3, 0.4) is 0 Å². The standard InChI is InChI=1S/C20H20ClNO2/c21-15-9-1-2-10-16(15)22-19(23)17-13-7-3-5-11(13)12-6-4-8-14(12)18(17)20(22)24/h1-2,9-10,13-14,17-18H,3-8H2/t13-,14+,17-,18-/m0/s1. The van der Waals surface area contributed by atoms with Gasteiger partial charge in [-0.15, -0.1) is 0 Å². The minimum Gasteiger partial charge on any atom is -0.274 e. The highest BCUT2D eigenvalue weighted by Crippen LogP contribution is 2.58. The van der Waals surface area contributed by atoms with E-state index in [0.29, 0.717) is 22.5 Å². The van der Waals surface area contributed by atoms with Crippen molar-refractivity contribution in [1.82, 2.24) is 0 Å². The summed E-state index contributed by atoms with van der Waals surface area (Å²) in [6.07, 6.45) is 6.70. The van der Waals surface area contributed by atoms with Crippen LogP contribution in [0, 0.1) is 23.7 Å². The highest BCUT2D eigenvalue weighted by Gasteiger charge is 2.59. The van der Waals surface area contributed by atoms with Gasteiger partial charge in [0, 0.05) is 0 Å². The van der Waals surface area contributed by atoms with Crippen molar-refractivity contribution in [3.05, 3.63) is 40.4 Å². The topological polar surface area (TPSA) is 37.4 Å². The van der Waals surface area contributed by atoms with Gasteiger partial charge >= 0.3 is 0 Å². The molecular formula is C20H20ClNO2. The van der Waals surface area contributed by atoms with Crippen molar-refractivity contribution < 1.29 is 9.59 Å². The maximum absolute atomic E-state index is 13.3. The molecule has 0 bridgehead atoms. The summed E-state index contributed by atoms with van der Waals surface area (Å²) in [5.41, 5.74) is 3.62. The van der Waals surface area contributed by atoms with Crippen LogP contribution >= 0.6 is 11.6 Å². The maximum Gasteiger partial charge on any atom is 0.238 e. The van der Waals surface area contributed by atoms with Gasteiger partial charge < -0.3 is 0 Å². The number of carbonyl (C=O) groups excluding carboxylic acids is 2. The Balaban J connectivity index is 1.63. The van der Waals surface area contributed by atoms with Gasteiger partial charge in [-0.25, -0.2) is 4.90 Å². The number of hydrogen-bond acceptors (Lipinski definition) is 2. The number of allylic oxidation sites excluding steroid dienone is 2. The first kappa shape index (κ1) is 14.7. The van der Waals surface area contributed by atoms with E-state index in [9.17, 15) is 9.59 Å². The first-order valence-electron chi connectivity index (χ1n) is 9.02. The Morgan fingerprint density at radius 2 is 1.42 bits per heavy atom.